The lowest BCUT2D eigenvalue weighted by Gasteiger charge is -2.34. The van der Waals surface area contributed by atoms with Crippen molar-refractivity contribution in [3.8, 4) is 5.75 Å². The van der Waals surface area contributed by atoms with Gasteiger partial charge in [0.1, 0.15) is 31.9 Å². The van der Waals surface area contributed by atoms with Crippen LogP contribution in [0.25, 0.3) is 0 Å². The highest BCUT2D eigenvalue weighted by molar-refractivity contribution is 5.31. The van der Waals surface area contributed by atoms with Gasteiger partial charge in [-0.25, -0.2) is 0 Å². The largest absolute Gasteiger partial charge is 0.491 e. The average molecular weight is 295 g/mol. The number of nitrogens with zero attached hydrogens (tertiary/aromatic N) is 1. The van der Waals surface area contributed by atoms with Crippen LogP contribution in [0.1, 0.15) is 19.4 Å². The van der Waals surface area contributed by atoms with E-state index in [4.69, 9.17) is 14.2 Å². The van der Waals surface area contributed by atoms with Crippen molar-refractivity contribution in [1.82, 2.24) is 4.90 Å². The molecule has 1 saturated heterocycles. The Morgan fingerprint density at radius 1 is 1.33 bits per heavy atom. The molecule has 1 aromatic carbocycles. The average Bonchev–Trinajstić information content (AvgIpc) is 2.72. The summed E-state index contributed by atoms with van der Waals surface area (Å²) >= 11 is 0. The minimum Gasteiger partial charge on any atom is -0.491 e. The van der Waals surface area contributed by atoms with Gasteiger partial charge in [-0.3, -0.25) is 4.90 Å². The number of aryl methyl sites for hydroxylation is 1. The van der Waals surface area contributed by atoms with Crippen molar-refractivity contribution in [2.75, 3.05) is 33.3 Å². The molecule has 1 aliphatic heterocycles. The van der Waals surface area contributed by atoms with Gasteiger partial charge in [0.2, 0.25) is 0 Å². The van der Waals surface area contributed by atoms with E-state index in [0.717, 1.165) is 11.3 Å². The molecule has 0 amide bonds. The Kier molecular flexibility index (Phi) is 5.58. The van der Waals surface area contributed by atoms with E-state index in [-0.39, 0.29) is 18.2 Å². The fourth-order valence-electron chi connectivity index (χ4n) is 2.02. The van der Waals surface area contributed by atoms with Gasteiger partial charge in [-0.1, -0.05) is 18.2 Å². The molecule has 1 aromatic rings. The van der Waals surface area contributed by atoms with Gasteiger partial charge >= 0.3 is 0 Å². The third kappa shape index (κ3) is 4.41. The Bertz CT molecular complexity index is 450. The second kappa shape index (κ2) is 7.22. The van der Waals surface area contributed by atoms with E-state index < -0.39 is 0 Å². The van der Waals surface area contributed by atoms with Crippen molar-refractivity contribution in [3.63, 3.8) is 0 Å². The van der Waals surface area contributed by atoms with Crippen molar-refractivity contribution in [2.45, 2.75) is 32.4 Å². The highest BCUT2D eigenvalue weighted by Gasteiger charge is 2.29. The lowest BCUT2D eigenvalue weighted by atomic mass is 10.1. The van der Waals surface area contributed by atoms with Crippen LogP contribution in [-0.4, -0.2) is 54.9 Å². The van der Waals surface area contributed by atoms with Gasteiger partial charge in [0.25, 0.3) is 0 Å². The second-order valence-electron chi connectivity index (χ2n) is 6.00. The predicted molar refractivity (Wildman–Crippen MR) is 80.2 cm³/mol. The molecule has 0 aliphatic carbocycles. The van der Waals surface area contributed by atoms with Crippen LogP contribution in [0.15, 0.2) is 24.3 Å². The number of para-hydroxylation sites is 1. The number of aliphatic hydroxyl groups is 1. The Morgan fingerprint density at radius 3 is 2.81 bits per heavy atom. The van der Waals surface area contributed by atoms with E-state index in [2.05, 4.69) is 0 Å². The summed E-state index contributed by atoms with van der Waals surface area (Å²) in [6.07, 6.45) is -0.107. The molecule has 0 bridgehead atoms. The van der Waals surface area contributed by atoms with E-state index in [1.165, 1.54) is 0 Å². The summed E-state index contributed by atoms with van der Waals surface area (Å²) < 4.78 is 17.3. The number of hydrogen-bond donors (Lipinski definition) is 1. The SMILES string of the molecule is Cc1ccccc1OC[C@H]1COCN(C(C)(C)CO)CO1. The first kappa shape index (κ1) is 16.2. The Hall–Kier alpha value is -1.14. The molecule has 0 aromatic heterocycles. The molecule has 0 saturated carbocycles. The third-order valence-electron chi connectivity index (χ3n) is 3.78. The van der Waals surface area contributed by atoms with E-state index in [1.54, 1.807) is 0 Å². The topological polar surface area (TPSA) is 51.2 Å². The zero-order valence-corrected chi connectivity index (χ0v) is 13.0. The van der Waals surface area contributed by atoms with Crippen molar-refractivity contribution in [3.05, 3.63) is 29.8 Å². The van der Waals surface area contributed by atoms with Crippen molar-refractivity contribution in [2.24, 2.45) is 0 Å². The third-order valence-corrected chi connectivity index (χ3v) is 3.78. The Labute approximate surface area is 126 Å². The lowest BCUT2D eigenvalue weighted by Crippen LogP contribution is -2.48. The Morgan fingerprint density at radius 2 is 2.10 bits per heavy atom. The van der Waals surface area contributed by atoms with Crippen molar-refractivity contribution in [1.29, 1.82) is 0 Å². The molecular formula is C16H25NO4. The lowest BCUT2D eigenvalue weighted by molar-refractivity contribution is -0.0703. The number of rotatable bonds is 5. The summed E-state index contributed by atoms with van der Waals surface area (Å²) in [4.78, 5) is 1.97. The van der Waals surface area contributed by atoms with Gasteiger partial charge in [0.15, 0.2) is 0 Å². The first-order chi connectivity index (χ1) is 10.0. The molecule has 21 heavy (non-hydrogen) atoms. The molecule has 5 heteroatoms. The minimum absolute atomic E-state index is 0.0596. The fraction of sp³-hybridized carbons (Fsp3) is 0.625. The molecule has 0 unspecified atom stereocenters. The van der Waals surface area contributed by atoms with Crippen molar-refractivity contribution >= 4 is 0 Å². The minimum atomic E-state index is -0.355. The Balaban J connectivity index is 1.85. The molecule has 1 aliphatic rings. The van der Waals surface area contributed by atoms with Gasteiger partial charge < -0.3 is 19.3 Å². The van der Waals surface area contributed by atoms with Gasteiger partial charge in [0, 0.05) is 5.54 Å². The summed E-state index contributed by atoms with van der Waals surface area (Å²) in [5, 5.41) is 9.41. The second-order valence-corrected chi connectivity index (χ2v) is 6.00. The number of benzene rings is 1. The van der Waals surface area contributed by atoms with E-state index in [9.17, 15) is 5.11 Å². The molecular weight excluding hydrogens is 270 g/mol. The maximum Gasteiger partial charge on any atom is 0.122 e. The van der Waals surface area contributed by atoms with Gasteiger partial charge in [-0.2, -0.15) is 0 Å². The molecule has 0 radical (unpaired) electrons. The van der Waals surface area contributed by atoms with Gasteiger partial charge in [-0.15, -0.1) is 0 Å². The molecule has 1 N–H and O–H groups in total. The zero-order chi connectivity index (χ0) is 15.3. The zero-order valence-electron chi connectivity index (χ0n) is 13.0. The van der Waals surface area contributed by atoms with E-state index in [0.29, 0.717) is 26.7 Å². The van der Waals surface area contributed by atoms with Crippen LogP contribution in [0, 0.1) is 6.92 Å². The van der Waals surface area contributed by atoms with Crippen LogP contribution >= 0.6 is 0 Å². The van der Waals surface area contributed by atoms with Gasteiger partial charge in [0.05, 0.1) is 13.2 Å². The molecule has 1 heterocycles. The first-order valence-electron chi connectivity index (χ1n) is 7.26. The normalized spacial score (nSPS) is 21.0. The fourth-order valence-corrected chi connectivity index (χ4v) is 2.02. The molecule has 5 nitrogen and oxygen atoms in total. The van der Waals surface area contributed by atoms with Crippen LogP contribution < -0.4 is 4.74 Å². The van der Waals surface area contributed by atoms with Crippen LogP contribution in [0.5, 0.6) is 5.75 Å². The molecule has 118 valence electrons. The summed E-state index contributed by atoms with van der Waals surface area (Å²) in [5.41, 5.74) is 0.751. The predicted octanol–water partition coefficient (Wildman–Crippen LogP) is 1.78. The molecule has 2 rings (SSSR count). The highest BCUT2D eigenvalue weighted by atomic mass is 16.6. The molecule has 1 atom stereocenters. The van der Waals surface area contributed by atoms with Crippen LogP contribution in [0.4, 0.5) is 0 Å². The van der Waals surface area contributed by atoms with Crippen LogP contribution in [0.3, 0.4) is 0 Å². The van der Waals surface area contributed by atoms with E-state index >= 15 is 0 Å². The number of aliphatic hydroxyl groups excluding tert-OH is 1. The standard InChI is InChI=1S/C16H25NO4/c1-13-6-4-5-7-15(13)20-9-14-8-19-11-17(12-21-14)16(2,3)10-18/h4-7,14,18H,8-12H2,1-3H3/t14-/m1/s1. The maximum absolute atomic E-state index is 9.41. The number of hydrogen-bond acceptors (Lipinski definition) is 5. The van der Waals surface area contributed by atoms with Crippen molar-refractivity contribution < 1.29 is 19.3 Å². The highest BCUT2D eigenvalue weighted by Crippen LogP contribution is 2.19. The smallest absolute Gasteiger partial charge is 0.122 e. The summed E-state index contributed by atoms with van der Waals surface area (Å²) in [5.74, 6) is 0.873. The van der Waals surface area contributed by atoms with E-state index in [1.807, 2.05) is 49.9 Å². The summed E-state index contributed by atoms with van der Waals surface area (Å²) in [7, 11) is 0. The van der Waals surface area contributed by atoms with Gasteiger partial charge in [-0.05, 0) is 32.4 Å². The summed E-state index contributed by atoms with van der Waals surface area (Å²) in [6.45, 7) is 7.83. The molecule has 1 fully saturated rings. The van der Waals surface area contributed by atoms with Crippen LogP contribution in [0.2, 0.25) is 0 Å². The quantitative estimate of drug-likeness (QED) is 0.897. The first-order valence-corrected chi connectivity index (χ1v) is 7.26. The van der Waals surface area contributed by atoms with Crippen LogP contribution in [-0.2, 0) is 9.47 Å². The monoisotopic (exact) mass is 295 g/mol. The molecule has 0 spiro atoms. The number of ether oxygens (including phenoxy) is 3. The maximum atomic E-state index is 9.41. The summed E-state index contributed by atoms with van der Waals surface area (Å²) in [6, 6.07) is 7.92.